The van der Waals surface area contributed by atoms with Gasteiger partial charge in [-0.25, -0.2) is 0 Å². The molecule has 1 saturated heterocycles. The van der Waals surface area contributed by atoms with Gasteiger partial charge in [-0.15, -0.1) is 0 Å². The number of nitrogens with zero attached hydrogens (tertiary/aromatic N) is 1. The Morgan fingerprint density at radius 1 is 1.35 bits per heavy atom. The molecular formula is C17H28N2O. The Morgan fingerprint density at radius 3 is 2.85 bits per heavy atom. The van der Waals surface area contributed by atoms with Crippen LogP contribution in [0.1, 0.15) is 37.9 Å². The summed E-state index contributed by atoms with van der Waals surface area (Å²) in [5.41, 5.74) is 2.66. The van der Waals surface area contributed by atoms with E-state index in [2.05, 4.69) is 62.2 Å². The molecule has 1 heterocycles. The molecule has 3 nitrogen and oxygen atoms in total. The third-order valence-electron chi connectivity index (χ3n) is 4.09. The quantitative estimate of drug-likeness (QED) is 0.895. The second-order valence-corrected chi connectivity index (χ2v) is 6.13. The molecule has 1 fully saturated rings. The molecule has 1 N–H and O–H groups in total. The van der Waals surface area contributed by atoms with Crippen LogP contribution in [0.5, 0.6) is 0 Å². The molecule has 112 valence electrons. The minimum atomic E-state index is 0.304. The first-order valence-electron chi connectivity index (χ1n) is 7.72. The lowest BCUT2D eigenvalue weighted by Crippen LogP contribution is -2.49. The van der Waals surface area contributed by atoms with Crippen molar-refractivity contribution >= 4 is 0 Å². The Kier molecular flexibility index (Phi) is 5.58. The maximum atomic E-state index is 5.86. The largest absolute Gasteiger partial charge is 0.374 e. The van der Waals surface area contributed by atoms with Crippen LogP contribution < -0.4 is 5.32 Å². The normalized spacial score (nSPS) is 22.1. The zero-order valence-electron chi connectivity index (χ0n) is 13.2. The van der Waals surface area contributed by atoms with Gasteiger partial charge >= 0.3 is 0 Å². The SMILES string of the molecule is Cc1cccc([C@@H](C)NCC2CN(C(C)C)CCO2)c1. The Bertz CT molecular complexity index is 419. The van der Waals surface area contributed by atoms with Gasteiger partial charge in [-0.05, 0) is 33.3 Å². The van der Waals surface area contributed by atoms with Crippen molar-refractivity contribution in [2.24, 2.45) is 0 Å². The summed E-state index contributed by atoms with van der Waals surface area (Å²) < 4.78 is 5.86. The standard InChI is InChI=1S/C17H28N2O/c1-13(2)19-8-9-20-17(12-19)11-18-15(4)16-7-5-6-14(3)10-16/h5-7,10,13,15,17-18H,8-9,11-12H2,1-4H3/t15-,17?/m1/s1. The smallest absolute Gasteiger partial charge is 0.0827 e. The van der Waals surface area contributed by atoms with Crippen molar-refractivity contribution in [3.05, 3.63) is 35.4 Å². The van der Waals surface area contributed by atoms with Crippen LogP contribution in [-0.4, -0.2) is 43.3 Å². The molecule has 0 amide bonds. The van der Waals surface area contributed by atoms with Crippen molar-refractivity contribution in [1.82, 2.24) is 10.2 Å². The predicted octanol–water partition coefficient (Wildman–Crippen LogP) is 2.75. The number of hydrogen-bond donors (Lipinski definition) is 1. The topological polar surface area (TPSA) is 24.5 Å². The van der Waals surface area contributed by atoms with Crippen molar-refractivity contribution in [3.8, 4) is 0 Å². The number of morpholine rings is 1. The molecule has 0 radical (unpaired) electrons. The number of benzene rings is 1. The Labute approximate surface area is 123 Å². The van der Waals surface area contributed by atoms with E-state index >= 15 is 0 Å². The minimum absolute atomic E-state index is 0.304. The van der Waals surface area contributed by atoms with Crippen molar-refractivity contribution in [3.63, 3.8) is 0 Å². The van der Waals surface area contributed by atoms with Gasteiger partial charge in [-0.3, -0.25) is 4.90 Å². The van der Waals surface area contributed by atoms with Gasteiger partial charge in [0.05, 0.1) is 12.7 Å². The molecular weight excluding hydrogens is 248 g/mol. The summed E-state index contributed by atoms with van der Waals surface area (Å²) >= 11 is 0. The van der Waals surface area contributed by atoms with Crippen LogP contribution in [0.2, 0.25) is 0 Å². The van der Waals surface area contributed by atoms with Crippen LogP contribution in [0.25, 0.3) is 0 Å². The van der Waals surface area contributed by atoms with E-state index in [9.17, 15) is 0 Å². The van der Waals surface area contributed by atoms with Crippen molar-refractivity contribution < 1.29 is 4.74 Å². The van der Waals surface area contributed by atoms with Crippen LogP contribution in [-0.2, 0) is 4.74 Å². The van der Waals surface area contributed by atoms with Crippen LogP contribution >= 0.6 is 0 Å². The first-order chi connectivity index (χ1) is 9.56. The van der Waals surface area contributed by atoms with E-state index in [1.165, 1.54) is 11.1 Å². The molecule has 0 bridgehead atoms. The first-order valence-corrected chi connectivity index (χ1v) is 7.72. The Balaban J connectivity index is 1.82. The van der Waals surface area contributed by atoms with Gasteiger partial charge in [-0.2, -0.15) is 0 Å². The summed E-state index contributed by atoms with van der Waals surface area (Å²) in [5.74, 6) is 0. The highest BCUT2D eigenvalue weighted by Crippen LogP contribution is 2.15. The van der Waals surface area contributed by atoms with Crippen LogP contribution in [0.15, 0.2) is 24.3 Å². The van der Waals surface area contributed by atoms with E-state index in [-0.39, 0.29) is 0 Å². The molecule has 0 spiro atoms. The lowest BCUT2D eigenvalue weighted by atomic mass is 10.1. The minimum Gasteiger partial charge on any atom is -0.374 e. The summed E-state index contributed by atoms with van der Waals surface area (Å²) in [7, 11) is 0. The van der Waals surface area contributed by atoms with Crippen LogP contribution in [0.4, 0.5) is 0 Å². The van der Waals surface area contributed by atoms with E-state index in [1.54, 1.807) is 0 Å². The van der Waals surface area contributed by atoms with Gasteiger partial charge in [0, 0.05) is 31.7 Å². The fourth-order valence-corrected chi connectivity index (χ4v) is 2.70. The summed E-state index contributed by atoms with van der Waals surface area (Å²) in [5, 5.41) is 3.60. The van der Waals surface area contributed by atoms with Crippen molar-refractivity contribution in [2.75, 3.05) is 26.2 Å². The molecule has 0 aromatic heterocycles. The fraction of sp³-hybridized carbons (Fsp3) is 0.647. The fourth-order valence-electron chi connectivity index (χ4n) is 2.70. The lowest BCUT2D eigenvalue weighted by molar-refractivity contribution is -0.0379. The van der Waals surface area contributed by atoms with Gasteiger partial charge in [0.15, 0.2) is 0 Å². The van der Waals surface area contributed by atoms with Crippen molar-refractivity contribution in [2.45, 2.75) is 45.9 Å². The van der Waals surface area contributed by atoms with E-state index in [1.807, 2.05) is 0 Å². The number of nitrogens with one attached hydrogen (secondary N) is 1. The molecule has 2 rings (SSSR count). The number of aryl methyl sites for hydroxylation is 1. The average molecular weight is 276 g/mol. The van der Waals surface area contributed by atoms with E-state index < -0.39 is 0 Å². The molecule has 2 atom stereocenters. The average Bonchev–Trinajstić information content (AvgIpc) is 2.45. The van der Waals surface area contributed by atoms with E-state index in [4.69, 9.17) is 4.74 Å². The summed E-state index contributed by atoms with van der Waals surface area (Å²) in [6.45, 7) is 12.7. The third kappa shape index (κ3) is 4.30. The van der Waals surface area contributed by atoms with E-state index in [0.29, 0.717) is 18.2 Å². The molecule has 1 unspecified atom stereocenters. The Morgan fingerprint density at radius 2 is 2.15 bits per heavy atom. The number of rotatable bonds is 5. The monoisotopic (exact) mass is 276 g/mol. The van der Waals surface area contributed by atoms with E-state index in [0.717, 1.165) is 26.2 Å². The highest BCUT2D eigenvalue weighted by Gasteiger charge is 2.22. The zero-order chi connectivity index (χ0) is 14.5. The molecule has 1 aliphatic rings. The van der Waals surface area contributed by atoms with Crippen LogP contribution in [0.3, 0.4) is 0 Å². The maximum Gasteiger partial charge on any atom is 0.0827 e. The lowest BCUT2D eigenvalue weighted by Gasteiger charge is -2.36. The Hall–Kier alpha value is -0.900. The maximum absolute atomic E-state index is 5.86. The van der Waals surface area contributed by atoms with Gasteiger partial charge in [-0.1, -0.05) is 29.8 Å². The highest BCUT2D eigenvalue weighted by molar-refractivity contribution is 5.24. The summed E-state index contributed by atoms with van der Waals surface area (Å²) in [6, 6.07) is 9.68. The summed E-state index contributed by atoms with van der Waals surface area (Å²) in [6.07, 6.45) is 0.304. The summed E-state index contributed by atoms with van der Waals surface area (Å²) in [4.78, 5) is 2.49. The predicted molar refractivity (Wildman–Crippen MR) is 84.0 cm³/mol. The molecule has 1 aliphatic heterocycles. The number of ether oxygens (including phenoxy) is 1. The first kappa shape index (κ1) is 15.5. The van der Waals surface area contributed by atoms with Crippen LogP contribution in [0, 0.1) is 6.92 Å². The number of hydrogen-bond acceptors (Lipinski definition) is 3. The van der Waals surface area contributed by atoms with Gasteiger partial charge < -0.3 is 10.1 Å². The van der Waals surface area contributed by atoms with Gasteiger partial charge in [0.2, 0.25) is 0 Å². The highest BCUT2D eigenvalue weighted by atomic mass is 16.5. The zero-order valence-corrected chi connectivity index (χ0v) is 13.2. The van der Waals surface area contributed by atoms with Gasteiger partial charge in [0.1, 0.15) is 0 Å². The molecule has 0 saturated carbocycles. The second-order valence-electron chi connectivity index (χ2n) is 6.13. The molecule has 1 aromatic carbocycles. The van der Waals surface area contributed by atoms with Crippen molar-refractivity contribution in [1.29, 1.82) is 0 Å². The second kappa shape index (κ2) is 7.21. The molecule has 3 heteroatoms. The third-order valence-corrected chi connectivity index (χ3v) is 4.09. The molecule has 20 heavy (non-hydrogen) atoms. The van der Waals surface area contributed by atoms with Gasteiger partial charge in [0.25, 0.3) is 0 Å². The molecule has 0 aliphatic carbocycles. The molecule has 1 aromatic rings.